The molecule has 0 bridgehead atoms. The van der Waals surface area contributed by atoms with Crippen LogP contribution in [0.4, 0.5) is 5.13 Å². The van der Waals surface area contributed by atoms with Gasteiger partial charge in [-0.25, -0.2) is 14.2 Å². The Morgan fingerprint density at radius 2 is 2.08 bits per heavy atom. The number of carbonyl (C=O) groups is 4. The van der Waals surface area contributed by atoms with Crippen molar-refractivity contribution >= 4 is 69.7 Å². The molecule has 194 valence electrons. The Labute approximate surface area is 221 Å². The summed E-state index contributed by atoms with van der Waals surface area (Å²) in [6.45, 7) is -0.538. The van der Waals surface area contributed by atoms with Crippen molar-refractivity contribution < 1.29 is 38.8 Å². The normalized spacial score (nSPS) is 19.2. The van der Waals surface area contributed by atoms with Crippen LogP contribution in [0.15, 0.2) is 45.8 Å². The van der Waals surface area contributed by atoms with Crippen molar-refractivity contribution in [1.82, 2.24) is 19.6 Å². The van der Waals surface area contributed by atoms with Gasteiger partial charge in [-0.15, -0.1) is 23.5 Å². The molecule has 5 N–H and O–H groups in total. The monoisotopic (exact) mass is 566 g/mol. The van der Waals surface area contributed by atoms with Gasteiger partial charge in [-0.3, -0.25) is 14.5 Å². The van der Waals surface area contributed by atoms with Gasteiger partial charge in [0.2, 0.25) is 18.1 Å². The first-order chi connectivity index (χ1) is 17.7. The zero-order chi connectivity index (χ0) is 26.7. The van der Waals surface area contributed by atoms with Gasteiger partial charge in [0.1, 0.15) is 17.1 Å². The first-order valence-corrected chi connectivity index (χ1v) is 13.5. The maximum absolute atomic E-state index is 13.0. The Morgan fingerprint density at radius 1 is 1.35 bits per heavy atom. The van der Waals surface area contributed by atoms with E-state index in [1.165, 1.54) is 11.8 Å². The molecule has 0 aromatic carbocycles. The molecule has 2 atom stereocenters. The van der Waals surface area contributed by atoms with E-state index >= 15 is 0 Å². The number of thioether (sulfide) groups is 2. The largest absolute Gasteiger partial charge is 0.479 e. The summed E-state index contributed by atoms with van der Waals surface area (Å²) in [4.78, 5) is 59.5. The topological polar surface area (TPSA) is 201 Å². The highest BCUT2D eigenvalue weighted by molar-refractivity contribution is 8.00. The van der Waals surface area contributed by atoms with E-state index in [1.807, 2.05) is 35.3 Å². The third-order valence-corrected chi connectivity index (χ3v) is 7.84. The average Bonchev–Trinajstić information content (AvgIpc) is 3.30. The number of carboxylic acid groups (broad SMARTS) is 2. The molecular weight excluding hydrogens is 546 g/mol. The van der Waals surface area contributed by atoms with Crippen LogP contribution in [0.1, 0.15) is 5.82 Å². The lowest BCUT2D eigenvalue weighted by Gasteiger charge is -2.49. The zero-order valence-corrected chi connectivity index (χ0v) is 21.5. The number of pyridine rings is 1. The van der Waals surface area contributed by atoms with Crippen molar-refractivity contribution in [2.24, 2.45) is 5.16 Å². The summed E-state index contributed by atoms with van der Waals surface area (Å²) in [6, 6.07) is 2.77. The van der Waals surface area contributed by atoms with Crippen molar-refractivity contribution in [2.45, 2.75) is 22.9 Å². The quantitative estimate of drug-likeness (QED) is 0.0934. The van der Waals surface area contributed by atoms with Gasteiger partial charge >= 0.3 is 11.9 Å². The van der Waals surface area contributed by atoms with E-state index in [-0.39, 0.29) is 23.2 Å². The van der Waals surface area contributed by atoms with E-state index in [9.17, 15) is 24.3 Å². The zero-order valence-electron chi connectivity index (χ0n) is 19.1. The molecular formula is C20H20N7O7S3+. The maximum Gasteiger partial charge on any atom is 0.352 e. The number of β-lactam (4-membered cyclic amide) rings is 1. The van der Waals surface area contributed by atoms with Gasteiger partial charge in [-0.2, -0.15) is 9.36 Å². The predicted molar refractivity (Wildman–Crippen MR) is 133 cm³/mol. The maximum atomic E-state index is 13.0. The van der Waals surface area contributed by atoms with Crippen LogP contribution in [-0.4, -0.2) is 84.0 Å². The molecule has 2 aliphatic heterocycles. The number of nitrogens with two attached hydrogens (primary N) is 1. The number of rotatable bonds is 10. The highest BCUT2D eigenvalue weighted by atomic mass is 32.2. The minimum atomic E-state index is -1.32. The molecule has 0 aliphatic carbocycles. The smallest absolute Gasteiger partial charge is 0.352 e. The number of anilines is 1. The van der Waals surface area contributed by atoms with E-state index in [0.717, 1.165) is 21.3 Å². The number of carboxylic acids is 2. The summed E-state index contributed by atoms with van der Waals surface area (Å²) in [5.74, 6) is -3.96. The van der Waals surface area contributed by atoms with Crippen molar-refractivity contribution in [1.29, 1.82) is 0 Å². The van der Waals surface area contributed by atoms with Gasteiger partial charge < -0.3 is 26.1 Å². The van der Waals surface area contributed by atoms with Crippen molar-refractivity contribution in [3.05, 3.63) is 41.6 Å². The molecule has 2 aliphatic rings. The number of nitrogens with zero attached hydrogens (tertiary/aromatic N) is 5. The second kappa shape index (κ2) is 11.1. The van der Waals surface area contributed by atoms with Gasteiger partial charge in [0, 0.05) is 39.9 Å². The van der Waals surface area contributed by atoms with Gasteiger partial charge in [-0.05, 0) is 6.26 Å². The second-order valence-corrected chi connectivity index (χ2v) is 10.4. The molecule has 4 heterocycles. The third-order valence-electron chi connectivity index (χ3n) is 5.22. The SMILES string of the molecule is CSc1cc[n+](CC2=C(C(=O)O)N3C(=O)C(NC(=O)C(=NOCC(=O)O)c4nsc(N)n4)[C@@H]3SC2)cc1. The number of aliphatic carboxylic acids is 2. The van der Waals surface area contributed by atoms with Crippen LogP contribution in [0, 0.1) is 0 Å². The van der Waals surface area contributed by atoms with E-state index in [4.69, 9.17) is 10.8 Å². The molecule has 2 aromatic heterocycles. The number of carbonyl (C=O) groups excluding carboxylic acids is 2. The summed E-state index contributed by atoms with van der Waals surface area (Å²) in [5, 5.41) is 24.0. The lowest BCUT2D eigenvalue weighted by atomic mass is 10.0. The number of nitrogen functional groups attached to an aromatic ring is 1. The minimum Gasteiger partial charge on any atom is -0.479 e. The molecule has 1 fully saturated rings. The van der Waals surface area contributed by atoms with Crippen molar-refractivity contribution in [3.8, 4) is 0 Å². The molecule has 2 amide bonds. The average molecular weight is 567 g/mol. The lowest BCUT2D eigenvalue weighted by molar-refractivity contribution is -0.689. The molecule has 4 rings (SSSR count). The van der Waals surface area contributed by atoms with Gasteiger partial charge in [-0.1, -0.05) is 5.16 Å². The molecule has 0 radical (unpaired) electrons. The predicted octanol–water partition coefficient (Wildman–Crippen LogP) is -0.626. The Hall–Kier alpha value is -3.70. The summed E-state index contributed by atoms with van der Waals surface area (Å²) in [5.41, 5.74) is 5.53. The number of nitrogens with one attached hydrogen (secondary N) is 1. The van der Waals surface area contributed by atoms with Crippen LogP contribution in [-0.2, 0) is 30.6 Å². The second-order valence-electron chi connectivity index (χ2n) is 7.59. The summed E-state index contributed by atoms with van der Waals surface area (Å²) >= 11 is 3.68. The fourth-order valence-electron chi connectivity index (χ4n) is 3.59. The number of hydrogen-bond acceptors (Lipinski definition) is 12. The van der Waals surface area contributed by atoms with E-state index in [2.05, 4.69) is 24.7 Å². The van der Waals surface area contributed by atoms with E-state index < -0.39 is 47.5 Å². The number of amides is 2. The highest BCUT2D eigenvalue weighted by Gasteiger charge is 2.54. The van der Waals surface area contributed by atoms with Gasteiger partial charge in [0.15, 0.2) is 24.1 Å². The van der Waals surface area contributed by atoms with E-state index in [1.54, 1.807) is 11.8 Å². The fourth-order valence-corrected chi connectivity index (χ4v) is 5.75. The van der Waals surface area contributed by atoms with E-state index in [0.29, 0.717) is 11.3 Å². The first kappa shape index (κ1) is 26.4. The minimum absolute atomic E-state index is 0.0344. The van der Waals surface area contributed by atoms with Gasteiger partial charge in [0.25, 0.3) is 11.8 Å². The summed E-state index contributed by atoms with van der Waals surface area (Å²) < 4.78 is 5.71. The molecule has 0 spiro atoms. The first-order valence-electron chi connectivity index (χ1n) is 10.4. The van der Waals surface area contributed by atoms with Gasteiger partial charge in [0.05, 0.1) is 0 Å². The highest BCUT2D eigenvalue weighted by Crippen LogP contribution is 2.40. The molecule has 17 heteroatoms. The number of fused-ring (bicyclic) bond motifs is 1. The van der Waals surface area contributed by atoms with Crippen molar-refractivity contribution in [3.63, 3.8) is 0 Å². The Morgan fingerprint density at radius 3 is 2.68 bits per heavy atom. The molecule has 14 nitrogen and oxygen atoms in total. The summed E-state index contributed by atoms with van der Waals surface area (Å²) in [7, 11) is 0. The summed E-state index contributed by atoms with van der Waals surface area (Å²) in [6.07, 6.45) is 5.62. The van der Waals surface area contributed by atoms with Crippen LogP contribution in [0.5, 0.6) is 0 Å². The molecule has 0 saturated carbocycles. The Balaban J connectivity index is 1.51. The molecule has 2 aromatic rings. The Bertz CT molecular complexity index is 1310. The standard InChI is InChI=1S/C20H19N7O7S3/c1-35-10-2-4-26(5-3-10)6-9-8-36-18-13(17(31)27(18)14(9)19(32)33)22-16(30)12(24-34-7-11(28)29)15-23-20(21)37-25-15/h2-5,13,18H,6-8H2,1H3,(H4-,21,22,23,25,28,29,30,32,33)/p+1/t13?,18-/m0/s1. The number of aromatic nitrogens is 3. The number of oxime groups is 1. The van der Waals surface area contributed by atoms with Crippen LogP contribution < -0.4 is 15.6 Å². The molecule has 37 heavy (non-hydrogen) atoms. The van der Waals surface area contributed by atoms with Crippen molar-refractivity contribution in [2.75, 3.05) is 24.3 Å². The molecule has 1 unspecified atom stereocenters. The molecule has 1 saturated heterocycles. The van der Waals surface area contributed by atoms with Crippen LogP contribution >= 0.6 is 35.1 Å². The fraction of sp³-hybridized carbons (Fsp3) is 0.300. The number of hydrogen-bond donors (Lipinski definition) is 4. The Kier molecular flexibility index (Phi) is 7.94. The lowest BCUT2D eigenvalue weighted by Crippen LogP contribution is -2.71. The van der Waals surface area contributed by atoms with Crippen LogP contribution in [0.2, 0.25) is 0 Å². The van der Waals surface area contributed by atoms with Crippen LogP contribution in [0.3, 0.4) is 0 Å². The third kappa shape index (κ3) is 5.67. The van der Waals surface area contributed by atoms with Crippen LogP contribution in [0.25, 0.3) is 0 Å².